The first-order chi connectivity index (χ1) is 12.9. The average Bonchev–Trinajstić information content (AvgIpc) is 2.95. The molecule has 0 fully saturated rings. The van der Waals surface area contributed by atoms with E-state index in [1.54, 1.807) is 0 Å². The molecule has 3 aromatic heterocycles. The molecule has 3 rings (SSSR count). The highest BCUT2D eigenvalue weighted by atomic mass is 32.2. The van der Waals surface area contributed by atoms with Crippen LogP contribution in [0.5, 0.6) is 0 Å². The van der Waals surface area contributed by atoms with E-state index in [0.29, 0.717) is 12.3 Å². The summed E-state index contributed by atoms with van der Waals surface area (Å²) in [5.41, 5.74) is -2.20. The fraction of sp³-hybridized carbons (Fsp3) is 0.312. The first kappa shape index (κ1) is 20.2. The van der Waals surface area contributed by atoms with Crippen molar-refractivity contribution in [2.45, 2.75) is 24.3 Å². The Kier molecular flexibility index (Phi) is 4.94. The fourth-order valence-electron chi connectivity index (χ4n) is 2.55. The van der Waals surface area contributed by atoms with E-state index in [0.717, 1.165) is 12.1 Å². The van der Waals surface area contributed by atoms with E-state index in [9.17, 15) is 30.6 Å². The van der Waals surface area contributed by atoms with Crippen LogP contribution in [0.4, 0.5) is 26.3 Å². The molecule has 3 heterocycles. The number of aromatic nitrogens is 4. The minimum atomic E-state index is -4.74. The average molecular weight is 422 g/mol. The highest BCUT2D eigenvalue weighted by Crippen LogP contribution is 2.34. The topological polar surface area (TPSA) is 60.7 Å². The van der Waals surface area contributed by atoms with E-state index in [1.165, 1.54) is 18.5 Å². The van der Waals surface area contributed by atoms with Crippen molar-refractivity contribution in [3.63, 3.8) is 0 Å². The molecule has 0 aliphatic rings. The Morgan fingerprint density at radius 2 is 1.75 bits per heavy atom. The third-order valence-electron chi connectivity index (χ3n) is 3.91. The molecule has 5 nitrogen and oxygen atoms in total. The summed E-state index contributed by atoms with van der Waals surface area (Å²) in [6.07, 6.45) is -8.71. The molecule has 0 saturated carbocycles. The summed E-state index contributed by atoms with van der Waals surface area (Å²) in [5, 5.41) is -0.341. The van der Waals surface area contributed by atoms with Crippen LogP contribution in [-0.4, -0.2) is 29.5 Å². The summed E-state index contributed by atoms with van der Waals surface area (Å²) < 4.78 is 91.2. The Balaban J connectivity index is 2.24. The van der Waals surface area contributed by atoms with Crippen molar-refractivity contribution in [3.05, 3.63) is 35.7 Å². The zero-order valence-corrected chi connectivity index (χ0v) is 15.2. The van der Waals surface area contributed by atoms with Gasteiger partial charge in [-0.15, -0.1) is 0 Å². The summed E-state index contributed by atoms with van der Waals surface area (Å²) >= 11 is 0. The molecule has 28 heavy (non-hydrogen) atoms. The molecule has 150 valence electrons. The molecule has 0 N–H and O–H groups in total. The Labute approximate surface area is 156 Å². The summed E-state index contributed by atoms with van der Waals surface area (Å²) in [5.74, 6) is 0.0155. The minimum absolute atomic E-state index is 0.00171. The third-order valence-corrected chi connectivity index (χ3v) is 5.17. The highest BCUT2D eigenvalue weighted by molar-refractivity contribution is 7.85. The summed E-state index contributed by atoms with van der Waals surface area (Å²) in [6, 6.07) is 2.56. The van der Waals surface area contributed by atoms with Crippen molar-refractivity contribution in [1.82, 2.24) is 19.5 Å². The number of pyridine rings is 2. The minimum Gasteiger partial charge on any atom is -0.312 e. The molecule has 3 aromatic rings. The van der Waals surface area contributed by atoms with Gasteiger partial charge < -0.3 is 4.57 Å². The van der Waals surface area contributed by atoms with Gasteiger partial charge in [-0.25, -0.2) is 15.0 Å². The molecule has 0 amide bonds. The van der Waals surface area contributed by atoms with Crippen molar-refractivity contribution in [2.24, 2.45) is 7.05 Å². The van der Waals surface area contributed by atoms with Gasteiger partial charge in [0.1, 0.15) is 22.1 Å². The largest absolute Gasteiger partial charge is 0.433 e. The van der Waals surface area contributed by atoms with Crippen LogP contribution in [0.25, 0.3) is 22.6 Å². The maximum absolute atomic E-state index is 13.0. The number of fused-ring (bicyclic) bond motifs is 1. The summed E-state index contributed by atoms with van der Waals surface area (Å²) in [6.45, 7) is 1.51. The second-order valence-electron chi connectivity index (χ2n) is 5.74. The maximum Gasteiger partial charge on any atom is 0.433 e. The van der Waals surface area contributed by atoms with E-state index in [4.69, 9.17) is 0 Å². The van der Waals surface area contributed by atoms with Crippen LogP contribution in [0.15, 0.2) is 29.4 Å². The molecule has 0 bridgehead atoms. The SMILES string of the molecule is CCS(=O)c1nc(C(F)(F)F)ccc1-c1nc2cc(C(F)(F)F)cnc2n1C. The van der Waals surface area contributed by atoms with Crippen LogP contribution in [0.3, 0.4) is 0 Å². The van der Waals surface area contributed by atoms with Gasteiger partial charge in [-0.3, -0.25) is 4.21 Å². The quantitative estimate of drug-likeness (QED) is 0.594. The zero-order valence-electron chi connectivity index (χ0n) is 14.4. The monoisotopic (exact) mass is 422 g/mol. The third kappa shape index (κ3) is 3.60. The van der Waals surface area contributed by atoms with E-state index in [1.807, 2.05) is 0 Å². The van der Waals surface area contributed by atoms with Gasteiger partial charge in [0.25, 0.3) is 0 Å². The van der Waals surface area contributed by atoms with Crippen LogP contribution in [-0.2, 0) is 30.2 Å². The molecule has 1 unspecified atom stereocenters. The lowest BCUT2D eigenvalue weighted by atomic mass is 10.2. The molecular formula is C16H12F6N4OS. The van der Waals surface area contributed by atoms with Gasteiger partial charge in [-0.1, -0.05) is 6.92 Å². The maximum atomic E-state index is 13.0. The first-order valence-corrected chi connectivity index (χ1v) is 9.12. The van der Waals surface area contributed by atoms with Crippen molar-refractivity contribution >= 4 is 22.0 Å². The molecule has 0 aromatic carbocycles. The zero-order chi connectivity index (χ0) is 20.9. The molecule has 0 spiro atoms. The summed E-state index contributed by atoms with van der Waals surface area (Å²) in [4.78, 5) is 11.3. The molecular weight excluding hydrogens is 410 g/mol. The Hall–Kier alpha value is -2.50. The number of hydrogen-bond acceptors (Lipinski definition) is 4. The second kappa shape index (κ2) is 6.83. The van der Waals surface area contributed by atoms with Crippen molar-refractivity contribution < 1.29 is 30.6 Å². The number of halogens is 6. The Bertz CT molecular complexity index is 1070. The number of nitrogens with zero attached hydrogens (tertiary/aromatic N) is 4. The molecule has 0 aliphatic heterocycles. The Morgan fingerprint density at radius 1 is 1.07 bits per heavy atom. The Morgan fingerprint density at radius 3 is 2.32 bits per heavy atom. The van der Waals surface area contributed by atoms with Crippen molar-refractivity contribution in [1.29, 1.82) is 0 Å². The number of imidazole rings is 1. The molecule has 1 atom stereocenters. The molecule has 12 heteroatoms. The first-order valence-electron chi connectivity index (χ1n) is 7.80. The van der Waals surface area contributed by atoms with E-state index >= 15 is 0 Å². The van der Waals surface area contributed by atoms with Gasteiger partial charge in [-0.2, -0.15) is 26.3 Å². The lowest BCUT2D eigenvalue weighted by Crippen LogP contribution is -2.12. The van der Waals surface area contributed by atoms with Gasteiger partial charge in [0.05, 0.1) is 21.9 Å². The predicted octanol–water partition coefficient (Wildman–Crippen LogP) is 4.20. The standard InChI is InChI=1S/C16H12F6N4OS/c1-3-28(27)14-9(4-5-11(25-14)16(20,21)22)12-24-10-6-8(15(17,18)19)7-23-13(10)26(12)2/h4-7H,3H2,1-2H3. The van der Waals surface area contributed by atoms with Crippen LogP contribution in [0.1, 0.15) is 18.2 Å². The van der Waals surface area contributed by atoms with Crippen LogP contribution < -0.4 is 0 Å². The van der Waals surface area contributed by atoms with Crippen molar-refractivity contribution in [2.75, 3.05) is 5.75 Å². The number of aryl methyl sites for hydroxylation is 1. The van der Waals surface area contributed by atoms with E-state index < -0.39 is 34.4 Å². The van der Waals surface area contributed by atoms with Crippen molar-refractivity contribution in [3.8, 4) is 11.4 Å². The van der Waals surface area contributed by atoms with Gasteiger partial charge >= 0.3 is 12.4 Å². The fourth-order valence-corrected chi connectivity index (χ4v) is 3.43. The van der Waals surface area contributed by atoms with Gasteiger partial charge in [0.15, 0.2) is 5.65 Å². The lowest BCUT2D eigenvalue weighted by Gasteiger charge is -2.11. The van der Waals surface area contributed by atoms with Gasteiger partial charge in [0.2, 0.25) is 0 Å². The smallest absolute Gasteiger partial charge is 0.312 e. The second-order valence-corrected chi connectivity index (χ2v) is 7.40. The van der Waals surface area contributed by atoms with Crippen LogP contribution in [0, 0.1) is 0 Å². The molecule has 0 aliphatic carbocycles. The number of hydrogen-bond donors (Lipinski definition) is 0. The van der Waals surface area contributed by atoms with Gasteiger partial charge in [0, 0.05) is 19.0 Å². The van der Waals surface area contributed by atoms with Gasteiger partial charge in [-0.05, 0) is 18.2 Å². The molecule has 0 saturated heterocycles. The van der Waals surface area contributed by atoms with Crippen LogP contribution in [0.2, 0.25) is 0 Å². The summed E-state index contributed by atoms with van der Waals surface area (Å²) in [7, 11) is -0.415. The van der Waals surface area contributed by atoms with Crippen LogP contribution >= 0.6 is 0 Å². The lowest BCUT2D eigenvalue weighted by molar-refractivity contribution is -0.141. The molecule has 0 radical (unpaired) electrons. The van der Waals surface area contributed by atoms with E-state index in [2.05, 4.69) is 15.0 Å². The number of alkyl halides is 6. The normalized spacial score (nSPS) is 13.9. The number of rotatable bonds is 3. The predicted molar refractivity (Wildman–Crippen MR) is 88.7 cm³/mol. The van der Waals surface area contributed by atoms with E-state index in [-0.39, 0.29) is 33.3 Å². The highest BCUT2D eigenvalue weighted by Gasteiger charge is 2.35.